The van der Waals surface area contributed by atoms with Crippen molar-refractivity contribution in [1.29, 1.82) is 0 Å². The van der Waals surface area contributed by atoms with Crippen molar-refractivity contribution < 1.29 is 20.1 Å². The summed E-state index contributed by atoms with van der Waals surface area (Å²) in [6, 6.07) is 5.19. The van der Waals surface area contributed by atoms with E-state index >= 15 is 0 Å². The summed E-state index contributed by atoms with van der Waals surface area (Å²) in [6.07, 6.45) is 0.0405. The van der Waals surface area contributed by atoms with Crippen molar-refractivity contribution in [3.05, 3.63) is 23.8 Å². The third-order valence-electron chi connectivity index (χ3n) is 2.43. The molecule has 4 N–H and O–H groups in total. The van der Waals surface area contributed by atoms with Crippen LogP contribution in [0.3, 0.4) is 0 Å². The second-order valence-corrected chi connectivity index (χ2v) is 3.80. The van der Waals surface area contributed by atoms with Crippen LogP contribution in [0.15, 0.2) is 18.2 Å². The fourth-order valence-electron chi connectivity index (χ4n) is 1.44. The first-order valence-electron chi connectivity index (χ1n) is 5.53. The van der Waals surface area contributed by atoms with Gasteiger partial charge in [0.15, 0.2) is 11.5 Å². The molecule has 0 aromatic heterocycles. The normalized spacial score (nSPS) is 12.4. The summed E-state index contributed by atoms with van der Waals surface area (Å²) in [6.45, 7) is 0.816. The number of nitrogens with one attached hydrogen (secondary N) is 1. The number of aromatic hydroxyl groups is 1. The van der Waals surface area contributed by atoms with Gasteiger partial charge in [-0.15, -0.1) is 0 Å². The van der Waals surface area contributed by atoms with Gasteiger partial charge in [0.1, 0.15) is 0 Å². The van der Waals surface area contributed by atoms with E-state index in [1.54, 1.807) is 12.1 Å². The van der Waals surface area contributed by atoms with Crippen LogP contribution in [0.2, 0.25) is 0 Å². The van der Waals surface area contributed by atoms with Crippen LogP contribution in [-0.4, -0.2) is 48.2 Å². The van der Waals surface area contributed by atoms with E-state index in [1.165, 1.54) is 7.11 Å². The maximum atomic E-state index is 9.41. The smallest absolute Gasteiger partial charge is 0.160 e. The average molecular weight is 241 g/mol. The highest BCUT2D eigenvalue weighted by atomic mass is 16.5. The molecular formula is C12H19NO4. The van der Waals surface area contributed by atoms with Crippen LogP contribution in [0.4, 0.5) is 0 Å². The maximum absolute atomic E-state index is 9.41. The zero-order valence-electron chi connectivity index (χ0n) is 9.89. The van der Waals surface area contributed by atoms with E-state index in [4.69, 9.17) is 14.9 Å². The Kier molecular flexibility index (Phi) is 5.76. The minimum atomic E-state index is -0.718. The summed E-state index contributed by atoms with van der Waals surface area (Å²) in [4.78, 5) is 0. The van der Waals surface area contributed by atoms with Crippen LogP contribution >= 0.6 is 0 Å². The molecule has 1 aromatic rings. The third kappa shape index (κ3) is 4.60. The molecule has 17 heavy (non-hydrogen) atoms. The number of methoxy groups -OCH3 is 1. The molecule has 0 radical (unpaired) electrons. The van der Waals surface area contributed by atoms with Gasteiger partial charge in [-0.2, -0.15) is 0 Å². The van der Waals surface area contributed by atoms with Gasteiger partial charge >= 0.3 is 0 Å². The molecule has 0 aliphatic carbocycles. The molecule has 0 bridgehead atoms. The quantitative estimate of drug-likeness (QED) is 0.501. The van der Waals surface area contributed by atoms with Crippen molar-refractivity contribution in [2.45, 2.75) is 12.5 Å². The van der Waals surface area contributed by atoms with Gasteiger partial charge in [-0.3, -0.25) is 0 Å². The number of hydrogen-bond donors (Lipinski definition) is 4. The number of hydrogen-bond acceptors (Lipinski definition) is 5. The lowest BCUT2D eigenvalue weighted by molar-refractivity contribution is 0.0947. The van der Waals surface area contributed by atoms with Crippen LogP contribution in [0.1, 0.15) is 5.56 Å². The van der Waals surface area contributed by atoms with E-state index in [1.807, 2.05) is 6.07 Å². The number of rotatable bonds is 7. The van der Waals surface area contributed by atoms with Gasteiger partial charge in [-0.05, 0) is 30.7 Å². The Labute approximate surface area is 101 Å². The first-order chi connectivity index (χ1) is 8.17. The largest absolute Gasteiger partial charge is 0.504 e. The van der Waals surface area contributed by atoms with Crippen LogP contribution in [0.25, 0.3) is 0 Å². The molecule has 0 amide bonds. The monoisotopic (exact) mass is 241 g/mol. The predicted octanol–water partition coefficient (Wildman–Crippen LogP) is -0.114. The van der Waals surface area contributed by atoms with Crippen molar-refractivity contribution >= 4 is 0 Å². The summed E-state index contributed by atoms with van der Waals surface area (Å²) in [7, 11) is 1.51. The maximum Gasteiger partial charge on any atom is 0.160 e. The number of phenolic OH excluding ortho intramolecular Hbond substituents is 1. The SMILES string of the molecule is COc1cc(CCNCC(O)CO)ccc1O. The van der Waals surface area contributed by atoms with Crippen molar-refractivity contribution in [2.24, 2.45) is 0 Å². The van der Waals surface area contributed by atoms with E-state index < -0.39 is 6.10 Å². The van der Waals surface area contributed by atoms with Crippen molar-refractivity contribution in [3.63, 3.8) is 0 Å². The average Bonchev–Trinajstić information content (AvgIpc) is 2.36. The zero-order valence-corrected chi connectivity index (χ0v) is 9.89. The van der Waals surface area contributed by atoms with E-state index in [9.17, 15) is 5.11 Å². The Morgan fingerprint density at radius 1 is 1.41 bits per heavy atom. The van der Waals surface area contributed by atoms with E-state index in [0.29, 0.717) is 18.8 Å². The van der Waals surface area contributed by atoms with Gasteiger partial charge in [-0.1, -0.05) is 6.07 Å². The number of benzene rings is 1. The van der Waals surface area contributed by atoms with Gasteiger partial charge < -0.3 is 25.4 Å². The van der Waals surface area contributed by atoms with E-state index in [-0.39, 0.29) is 12.4 Å². The Bertz CT molecular complexity index is 343. The number of aliphatic hydroxyl groups is 2. The topological polar surface area (TPSA) is 82.0 Å². The Hall–Kier alpha value is -1.30. The molecule has 1 unspecified atom stereocenters. The molecule has 96 valence electrons. The van der Waals surface area contributed by atoms with Gasteiger partial charge in [0.05, 0.1) is 19.8 Å². The van der Waals surface area contributed by atoms with E-state index in [2.05, 4.69) is 5.32 Å². The highest BCUT2D eigenvalue weighted by molar-refractivity contribution is 5.41. The van der Waals surface area contributed by atoms with Crippen LogP contribution in [-0.2, 0) is 6.42 Å². The molecule has 5 heteroatoms. The molecule has 1 rings (SSSR count). The molecule has 1 atom stereocenters. The highest BCUT2D eigenvalue weighted by Crippen LogP contribution is 2.26. The molecule has 0 saturated heterocycles. The molecular weight excluding hydrogens is 222 g/mol. The second-order valence-electron chi connectivity index (χ2n) is 3.80. The molecule has 0 heterocycles. The number of phenols is 1. The zero-order chi connectivity index (χ0) is 12.7. The summed E-state index contributed by atoms with van der Waals surface area (Å²) < 4.78 is 5.00. The Balaban J connectivity index is 2.36. The summed E-state index contributed by atoms with van der Waals surface area (Å²) >= 11 is 0. The van der Waals surface area contributed by atoms with Crippen molar-refractivity contribution in [3.8, 4) is 11.5 Å². The lowest BCUT2D eigenvalue weighted by Crippen LogP contribution is -2.30. The van der Waals surface area contributed by atoms with Crippen LogP contribution < -0.4 is 10.1 Å². The highest BCUT2D eigenvalue weighted by Gasteiger charge is 2.03. The van der Waals surface area contributed by atoms with Crippen molar-refractivity contribution in [1.82, 2.24) is 5.32 Å². The first-order valence-corrected chi connectivity index (χ1v) is 5.53. The molecule has 0 saturated carbocycles. The lowest BCUT2D eigenvalue weighted by Gasteiger charge is -2.09. The minimum Gasteiger partial charge on any atom is -0.504 e. The number of aliphatic hydroxyl groups excluding tert-OH is 2. The lowest BCUT2D eigenvalue weighted by atomic mass is 10.1. The number of ether oxygens (including phenoxy) is 1. The molecule has 0 aliphatic heterocycles. The minimum absolute atomic E-state index is 0.125. The third-order valence-corrected chi connectivity index (χ3v) is 2.43. The summed E-state index contributed by atoms with van der Waals surface area (Å²) in [5, 5.41) is 30.2. The molecule has 1 aromatic carbocycles. The first kappa shape index (κ1) is 13.8. The molecule has 0 spiro atoms. The van der Waals surface area contributed by atoms with Gasteiger partial charge in [0.2, 0.25) is 0 Å². The van der Waals surface area contributed by atoms with Gasteiger partial charge in [-0.25, -0.2) is 0 Å². The summed E-state index contributed by atoms with van der Waals surface area (Å²) in [5.41, 5.74) is 1.03. The standard InChI is InChI=1S/C12H19NO4/c1-17-12-6-9(2-3-11(12)16)4-5-13-7-10(15)8-14/h2-3,6,10,13-16H,4-5,7-8H2,1H3. The Morgan fingerprint density at radius 2 is 2.18 bits per heavy atom. The van der Waals surface area contributed by atoms with Crippen molar-refractivity contribution in [2.75, 3.05) is 26.8 Å². The molecule has 0 aliphatic rings. The molecule has 5 nitrogen and oxygen atoms in total. The second kappa shape index (κ2) is 7.11. The van der Waals surface area contributed by atoms with Gasteiger partial charge in [0, 0.05) is 6.54 Å². The fourth-order valence-corrected chi connectivity index (χ4v) is 1.44. The molecule has 0 fully saturated rings. The summed E-state index contributed by atoms with van der Waals surface area (Å²) in [5.74, 6) is 0.581. The van der Waals surface area contributed by atoms with Crippen LogP contribution in [0, 0.1) is 0 Å². The Morgan fingerprint density at radius 3 is 2.82 bits per heavy atom. The predicted molar refractivity (Wildman–Crippen MR) is 64.3 cm³/mol. The fraction of sp³-hybridized carbons (Fsp3) is 0.500. The van der Waals surface area contributed by atoms with Crippen LogP contribution in [0.5, 0.6) is 11.5 Å². The van der Waals surface area contributed by atoms with Gasteiger partial charge in [0.25, 0.3) is 0 Å². The van der Waals surface area contributed by atoms with E-state index in [0.717, 1.165) is 12.0 Å².